The van der Waals surface area contributed by atoms with Crippen LogP contribution >= 0.6 is 11.3 Å². The molecular weight excluding hydrogens is 352 g/mol. The van der Waals surface area contributed by atoms with Crippen LogP contribution in [0.2, 0.25) is 0 Å². The molecule has 0 radical (unpaired) electrons. The SMILES string of the molecule is CC(=O)Nc1ncc2c(n1)CCN([C@@H](C)c1cnc(NC(C)=O)s1)CC2. The Balaban J connectivity index is 1.69. The molecule has 2 N–H and O–H groups in total. The molecule has 0 aliphatic carbocycles. The summed E-state index contributed by atoms with van der Waals surface area (Å²) in [5, 5.41) is 5.99. The lowest BCUT2D eigenvalue weighted by molar-refractivity contribution is -0.115. The molecule has 0 saturated carbocycles. The lowest BCUT2D eigenvalue weighted by atomic mass is 10.1. The summed E-state index contributed by atoms with van der Waals surface area (Å²) in [5.74, 6) is 0.0754. The van der Waals surface area contributed by atoms with Crippen molar-refractivity contribution < 1.29 is 9.59 Å². The summed E-state index contributed by atoms with van der Waals surface area (Å²) in [4.78, 5) is 38.8. The Bertz CT molecular complexity index is 821. The minimum Gasteiger partial charge on any atom is -0.302 e. The molecule has 1 aliphatic heterocycles. The Kier molecular flexibility index (Phi) is 5.58. The predicted octanol–water partition coefficient (Wildman–Crippen LogP) is 2.01. The maximum absolute atomic E-state index is 11.2. The summed E-state index contributed by atoms with van der Waals surface area (Å²) in [5.41, 5.74) is 2.11. The standard InChI is InChI=1S/C17H22N6O2S/c1-10(15-9-19-17(26-15)21-12(3)25)23-6-4-13-8-18-16(20-11(2)24)22-14(13)5-7-23/h8-10H,4-7H2,1-3H3,(H,19,21,25)(H,18,20,22,24)/t10-/m0/s1. The van der Waals surface area contributed by atoms with E-state index in [1.165, 1.54) is 25.2 Å². The van der Waals surface area contributed by atoms with E-state index in [0.717, 1.165) is 42.1 Å². The summed E-state index contributed by atoms with van der Waals surface area (Å²) in [6.45, 7) is 6.83. The summed E-state index contributed by atoms with van der Waals surface area (Å²) in [7, 11) is 0. The van der Waals surface area contributed by atoms with Crippen molar-refractivity contribution >= 4 is 34.2 Å². The zero-order chi connectivity index (χ0) is 18.7. The number of anilines is 2. The Hall–Kier alpha value is -2.39. The van der Waals surface area contributed by atoms with E-state index in [1.807, 2.05) is 12.4 Å². The van der Waals surface area contributed by atoms with E-state index in [1.54, 1.807) is 0 Å². The fourth-order valence-corrected chi connectivity index (χ4v) is 3.91. The van der Waals surface area contributed by atoms with Gasteiger partial charge in [-0.2, -0.15) is 0 Å². The van der Waals surface area contributed by atoms with Crippen LogP contribution in [0.15, 0.2) is 12.4 Å². The second kappa shape index (κ2) is 7.88. The van der Waals surface area contributed by atoms with Gasteiger partial charge in [-0.1, -0.05) is 0 Å². The van der Waals surface area contributed by atoms with Crippen molar-refractivity contribution in [3.63, 3.8) is 0 Å². The molecule has 2 amide bonds. The molecule has 0 spiro atoms. The summed E-state index contributed by atoms with van der Waals surface area (Å²) in [6.07, 6.45) is 5.29. The first-order valence-corrected chi connectivity index (χ1v) is 9.33. The van der Waals surface area contributed by atoms with E-state index in [4.69, 9.17) is 0 Å². The van der Waals surface area contributed by atoms with E-state index < -0.39 is 0 Å². The van der Waals surface area contributed by atoms with Crippen molar-refractivity contribution in [3.8, 4) is 0 Å². The molecule has 26 heavy (non-hydrogen) atoms. The van der Waals surface area contributed by atoms with Crippen molar-refractivity contribution in [3.05, 3.63) is 28.5 Å². The fraction of sp³-hybridized carbons (Fsp3) is 0.471. The van der Waals surface area contributed by atoms with Gasteiger partial charge in [-0.25, -0.2) is 15.0 Å². The third-order valence-electron chi connectivity index (χ3n) is 4.31. The molecule has 2 aromatic heterocycles. The summed E-state index contributed by atoms with van der Waals surface area (Å²) >= 11 is 1.50. The Morgan fingerprint density at radius 2 is 1.85 bits per heavy atom. The first kappa shape index (κ1) is 18.4. The monoisotopic (exact) mass is 374 g/mol. The molecule has 0 saturated heterocycles. The highest BCUT2D eigenvalue weighted by atomic mass is 32.1. The zero-order valence-corrected chi connectivity index (χ0v) is 15.9. The molecule has 138 valence electrons. The van der Waals surface area contributed by atoms with Crippen LogP contribution in [-0.4, -0.2) is 44.8 Å². The molecule has 0 aromatic carbocycles. The van der Waals surface area contributed by atoms with Gasteiger partial charge in [0.05, 0.1) is 5.69 Å². The van der Waals surface area contributed by atoms with Crippen LogP contribution in [0.5, 0.6) is 0 Å². The molecule has 0 fully saturated rings. The molecule has 1 atom stereocenters. The number of amides is 2. The smallest absolute Gasteiger partial charge is 0.229 e. The zero-order valence-electron chi connectivity index (χ0n) is 15.1. The van der Waals surface area contributed by atoms with Gasteiger partial charge in [0.1, 0.15) is 0 Å². The number of hydrogen-bond donors (Lipinski definition) is 2. The molecule has 0 bridgehead atoms. The topological polar surface area (TPSA) is 100 Å². The van der Waals surface area contributed by atoms with Crippen molar-refractivity contribution in [2.45, 2.75) is 39.7 Å². The van der Waals surface area contributed by atoms with Gasteiger partial charge in [-0.15, -0.1) is 11.3 Å². The average molecular weight is 374 g/mol. The minimum absolute atomic E-state index is 0.114. The van der Waals surface area contributed by atoms with Crippen molar-refractivity contribution in [1.29, 1.82) is 0 Å². The Labute approximate surface area is 156 Å². The van der Waals surface area contributed by atoms with Crippen molar-refractivity contribution in [2.75, 3.05) is 23.7 Å². The third-order valence-corrected chi connectivity index (χ3v) is 5.40. The summed E-state index contributed by atoms with van der Waals surface area (Å²) in [6, 6.07) is 0.201. The van der Waals surface area contributed by atoms with E-state index in [-0.39, 0.29) is 17.9 Å². The number of carbonyl (C=O) groups excluding carboxylic acids is 2. The van der Waals surface area contributed by atoms with Gasteiger partial charge in [0.15, 0.2) is 5.13 Å². The van der Waals surface area contributed by atoms with Gasteiger partial charge in [0.2, 0.25) is 17.8 Å². The first-order valence-electron chi connectivity index (χ1n) is 8.52. The lowest BCUT2D eigenvalue weighted by Gasteiger charge is -2.26. The second-order valence-corrected chi connectivity index (χ2v) is 7.37. The van der Waals surface area contributed by atoms with Crippen LogP contribution < -0.4 is 10.6 Å². The van der Waals surface area contributed by atoms with E-state index in [9.17, 15) is 9.59 Å². The maximum Gasteiger partial charge on any atom is 0.229 e. The van der Waals surface area contributed by atoms with Gasteiger partial charge >= 0.3 is 0 Å². The number of fused-ring (bicyclic) bond motifs is 1. The van der Waals surface area contributed by atoms with Crippen LogP contribution in [0.25, 0.3) is 0 Å². The maximum atomic E-state index is 11.2. The largest absolute Gasteiger partial charge is 0.302 e. The second-order valence-electron chi connectivity index (χ2n) is 6.31. The number of thiazole rings is 1. The summed E-state index contributed by atoms with van der Waals surface area (Å²) < 4.78 is 0. The van der Waals surface area contributed by atoms with Gasteiger partial charge in [-0.05, 0) is 18.9 Å². The van der Waals surface area contributed by atoms with Gasteiger partial charge < -0.3 is 5.32 Å². The number of hydrogen-bond acceptors (Lipinski definition) is 7. The van der Waals surface area contributed by atoms with Crippen LogP contribution in [0, 0.1) is 0 Å². The molecule has 3 heterocycles. The van der Waals surface area contributed by atoms with Crippen molar-refractivity contribution in [1.82, 2.24) is 19.9 Å². The molecular formula is C17H22N6O2S. The van der Waals surface area contributed by atoms with E-state index in [2.05, 4.69) is 37.4 Å². The highest BCUT2D eigenvalue weighted by molar-refractivity contribution is 7.15. The highest BCUT2D eigenvalue weighted by Crippen LogP contribution is 2.30. The van der Waals surface area contributed by atoms with E-state index >= 15 is 0 Å². The van der Waals surface area contributed by atoms with Crippen LogP contribution in [0.3, 0.4) is 0 Å². The number of nitrogens with one attached hydrogen (secondary N) is 2. The normalized spacial score (nSPS) is 15.7. The molecule has 8 nitrogen and oxygen atoms in total. The molecule has 1 aliphatic rings. The molecule has 0 unspecified atom stereocenters. The first-order chi connectivity index (χ1) is 12.4. The van der Waals surface area contributed by atoms with Gasteiger partial charge in [0.25, 0.3) is 0 Å². The number of aromatic nitrogens is 3. The van der Waals surface area contributed by atoms with Gasteiger partial charge in [-0.3, -0.25) is 19.8 Å². The van der Waals surface area contributed by atoms with E-state index in [0.29, 0.717) is 11.1 Å². The number of nitrogens with zero attached hydrogens (tertiary/aromatic N) is 4. The average Bonchev–Trinajstić information content (AvgIpc) is 2.92. The minimum atomic E-state index is -0.172. The molecule has 9 heteroatoms. The van der Waals surface area contributed by atoms with Crippen LogP contribution in [0.1, 0.15) is 42.9 Å². The van der Waals surface area contributed by atoms with Crippen LogP contribution in [0.4, 0.5) is 11.1 Å². The number of rotatable bonds is 4. The highest BCUT2D eigenvalue weighted by Gasteiger charge is 2.22. The fourth-order valence-electron chi connectivity index (χ4n) is 2.97. The molecule has 2 aromatic rings. The number of carbonyl (C=O) groups is 2. The Morgan fingerprint density at radius 3 is 2.58 bits per heavy atom. The lowest BCUT2D eigenvalue weighted by Crippen LogP contribution is -2.29. The quantitative estimate of drug-likeness (QED) is 0.849. The van der Waals surface area contributed by atoms with Crippen molar-refractivity contribution in [2.24, 2.45) is 0 Å². The predicted molar refractivity (Wildman–Crippen MR) is 100 cm³/mol. The van der Waals surface area contributed by atoms with Crippen LogP contribution in [-0.2, 0) is 22.4 Å². The third kappa shape index (κ3) is 4.41. The van der Waals surface area contributed by atoms with Gasteiger partial charge in [0, 0.05) is 56.7 Å². The molecule has 3 rings (SSSR count). The Morgan fingerprint density at radius 1 is 1.12 bits per heavy atom.